The first kappa shape index (κ1) is 16.6. The summed E-state index contributed by atoms with van der Waals surface area (Å²) in [5, 5.41) is 3.03. The molecule has 2 aliphatic rings. The Morgan fingerprint density at radius 2 is 2.14 bits per heavy atom. The van der Waals surface area contributed by atoms with E-state index in [4.69, 9.17) is 22.7 Å². The normalized spacial score (nSPS) is 26.2. The molecule has 2 rings (SSSR count). The van der Waals surface area contributed by atoms with Gasteiger partial charge in [0.05, 0.1) is 23.1 Å². The third-order valence-corrected chi connectivity index (χ3v) is 5.16. The summed E-state index contributed by atoms with van der Waals surface area (Å²) in [5.74, 6) is -0.00748. The molecule has 0 aromatic rings. The fourth-order valence-electron chi connectivity index (χ4n) is 3.31. The molecule has 6 heteroatoms. The maximum Gasteiger partial charge on any atom is 0.233 e. The highest BCUT2D eigenvalue weighted by atomic mass is 32.1. The number of ether oxygens (including phenoxy) is 1. The molecule has 0 spiro atoms. The van der Waals surface area contributed by atoms with E-state index in [2.05, 4.69) is 17.1 Å². The Morgan fingerprint density at radius 3 is 2.76 bits per heavy atom. The predicted molar refractivity (Wildman–Crippen MR) is 87.2 cm³/mol. The van der Waals surface area contributed by atoms with Gasteiger partial charge in [-0.1, -0.05) is 38.4 Å². The number of likely N-dealkylation sites (N-methyl/N-ethyl adjacent to an activating group) is 1. The lowest BCUT2D eigenvalue weighted by Gasteiger charge is -2.36. The van der Waals surface area contributed by atoms with Crippen LogP contribution in [0.25, 0.3) is 0 Å². The van der Waals surface area contributed by atoms with Crippen molar-refractivity contribution in [2.75, 3.05) is 32.8 Å². The highest BCUT2D eigenvalue weighted by Gasteiger charge is 2.42. The van der Waals surface area contributed by atoms with Crippen molar-refractivity contribution in [3.05, 3.63) is 0 Å². The van der Waals surface area contributed by atoms with Crippen molar-refractivity contribution < 1.29 is 9.53 Å². The number of thiocarbonyl (C=S) groups is 1. The SMILES string of the molecule is CCN1CCOC(CNC(=O)C2(C(N)=S)CCCCC2)C1. The summed E-state index contributed by atoms with van der Waals surface area (Å²) in [7, 11) is 0. The van der Waals surface area contributed by atoms with Crippen LogP contribution in [0.3, 0.4) is 0 Å². The van der Waals surface area contributed by atoms with Crippen LogP contribution in [-0.4, -0.2) is 54.7 Å². The second-order valence-electron chi connectivity index (χ2n) is 6.10. The number of nitrogens with zero attached hydrogens (tertiary/aromatic N) is 1. The van der Waals surface area contributed by atoms with Crippen LogP contribution in [-0.2, 0) is 9.53 Å². The van der Waals surface area contributed by atoms with E-state index in [0.717, 1.165) is 58.3 Å². The Balaban J connectivity index is 1.89. The average molecular weight is 313 g/mol. The molecule has 0 radical (unpaired) electrons. The Kier molecular flexibility index (Phi) is 5.96. The first-order valence-electron chi connectivity index (χ1n) is 8.00. The molecule has 0 aromatic carbocycles. The Bertz CT molecular complexity index is 383. The van der Waals surface area contributed by atoms with Gasteiger partial charge in [0.25, 0.3) is 0 Å². The molecule has 3 N–H and O–H groups in total. The summed E-state index contributed by atoms with van der Waals surface area (Å²) in [5.41, 5.74) is 5.25. The quantitative estimate of drug-likeness (QED) is 0.743. The number of nitrogens with two attached hydrogens (primary N) is 1. The number of morpholine rings is 1. The first-order valence-corrected chi connectivity index (χ1v) is 8.41. The number of carbonyl (C=O) groups excluding carboxylic acids is 1. The fraction of sp³-hybridized carbons (Fsp3) is 0.867. The molecule has 1 aliphatic heterocycles. The van der Waals surface area contributed by atoms with Gasteiger partial charge in [-0.25, -0.2) is 0 Å². The minimum Gasteiger partial charge on any atom is -0.392 e. The van der Waals surface area contributed by atoms with Crippen LogP contribution < -0.4 is 11.1 Å². The molecule has 1 heterocycles. The molecular formula is C15H27N3O2S. The van der Waals surface area contributed by atoms with Crippen molar-refractivity contribution in [2.45, 2.75) is 45.1 Å². The molecule has 0 aromatic heterocycles. The summed E-state index contributed by atoms with van der Waals surface area (Å²) >= 11 is 5.19. The molecule has 5 nitrogen and oxygen atoms in total. The summed E-state index contributed by atoms with van der Waals surface area (Å²) in [6.45, 7) is 6.28. The maximum atomic E-state index is 12.6. The number of rotatable bonds is 5. The van der Waals surface area contributed by atoms with Crippen molar-refractivity contribution in [3.8, 4) is 0 Å². The van der Waals surface area contributed by atoms with E-state index < -0.39 is 5.41 Å². The molecule has 120 valence electrons. The average Bonchev–Trinajstić information content (AvgIpc) is 2.53. The summed E-state index contributed by atoms with van der Waals surface area (Å²) in [4.78, 5) is 15.3. The van der Waals surface area contributed by atoms with Crippen LogP contribution in [0, 0.1) is 5.41 Å². The summed E-state index contributed by atoms with van der Waals surface area (Å²) in [6.07, 6.45) is 4.83. The van der Waals surface area contributed by atoms with Gasteiger partial charge in [-0.3, -0.25) is 9.69 Å². The van der Waals surface area contributed by atoms with Gasteiger partial charge < -0.3 is 15.8 Å². The Labute approximate surface area is 132 Å². The zero-order valence-electron chi connectivity index (χ0n) is 12.9. The van der Waals surface area contributed by atoms with E-state index >= 15 is 0 Å². The maximum absolute atomic E-state index is 12.6. The molecule has 1 unspecified atom stereocenters. The number of carbonyl (C=O) groups is 1. The lowest BCUT2D eigenvalue weighted by Crippen LogP contribution is -2.53. The molecule has 1 saturated carbocycles. The number of nitrogens with one attached hydrogen (secondary N) is 1. The Morgan fingerprint density at radius 1 is 1.43 bits per heavy atom. The van der Waals surface area contributed by atoms with Crippen molar-refractivity contribution in [1.82, 2.24) is 10.2 Å². The lowest BCUT2D eigenvalue weighted by molar-refractivity contribution is -0.130. The molecule has 1 aliphatic carbocycles. The zero-order chi connectivity index (χ0) is 15.3. The van der Waals surface area contributed by atoms with Crippen molar-refractivity contribution in [3.63, 3.8) is 0 Å². The molecule has 21 heavy (non-hydrogen) atoms. The van der Waals surface area contributed by atoms with E-state index in [1.165, 1.54) is 0 Å². The highest BCUT2D eigenvalue weighted by molar-refractivity contribution is 7.80. The molecule has 0 bridgehead atoms. The van der Waals surface area contributed by atoms with Gasteiger partial charge in [0.15, 0.2) is 0 Å². The van der Waals surface area contributed by atoms with E-state index in [9.17, 15) is 4.79 Å². The Hall–Kier alpha value is -0.720. The second-order valence-corrected chi connectivity index (χ2v) is 6.54. The number of amides is 1. The van der Waals surface area contributed by atoms with Crippen LogP contribution in [0.4, 0.5) is 0 Å². The smallest absolute Gasteiger partial charge is 0.233 e. The molecule has 1 amide bonds. The fourth-order valence-corrected chi connectivity index (χ4v) is 3.60. The van der Waals surface area contributed by atoms with Crippen molar-refractivity contribution in [2.24, 2.45) is 11.1 Å². The van der Waals surface area contributed by atoms with Crippen LogP contribution in [0.2, 0.25) is 0 Å². The van der Waals surface area contributed by atoms with Gasteiger partial charge in [-0.15, -0.1) is 0 Å². The summed E-state index contributed by atoms with van der Waals surface area (Å²) in [6, 6.07) is 0. The van der Waals surface area contributed by atoms with E-state index in [1.807, 2.05) is 0 Å². The first-order chi connectivity index (χ1) is 10.1. The number of hydrogen-bond donors (Lipinski definition) is 2. The van der Waals surface area contributed by atoms with Crippen LogP contribution in [0.1, 0.15) is 39.0 Å². The van der Waals surface area contributed by atoms with E-state index in [0.29, 0.717) is 11.5 Å². The van der Waals surface area contributed by atoms with Crippen molar-refractivity contribution in [1.29, 1.82) is 0 Å². The predicted octanol–water partition coefficient (Wildman–Crippen LogP) is 1.06. The van der Waals surface area contributed by atoms with Gasteiger partial charge >= 0.3 is 0 Å². The van der Waals surface area contributed by atoms with Crippen molar-refractivity contribution >= 4 is 23.1 Å². The van der Waals surface area contributed by atoms with Crippen LogP contribution in [0.5, 0.6) is 0 Å². The van der Waals surface area contributed by atoms with E-state index in [1.54, 1.807) is 0 Å². The van der Waals surface area contributed by atoms with Gasteiger partial charge in [0, 0.05) is 19.6 Å². The topological polar surface area (TPSA) is 67.6 Å². The second kappa shape index (κ2) is 7.51. The van der Waals surface area contributed by atoms with E-state index in [-0.39, 0.29) is 12.0 Å². The van der Waals surface area contributed by atoms with Gasteiger partial charge in [-0.05, 0) is 19.4 Å². The van der Waals surface area contributed by atoms with Gasteiger partial charge in [-0.2, -0.15) is 0 Å². The lowest BCUT2D eigenvalue weighted by atomic mass is 9.73. The standard InChI is InChI=1S/C15H27N3O2S/c1-2-18-8-9-20-12(11-18)10-17-14(19)15(13(16)21)6-4-3-5-7-15/h12H,2-11H2,1H3,(H2,16,21)(H,17,19). The molecule has 2 fully saturated rings. The largest absolute Gasteiger partial charge is 0.392 e. The van der Waals surface area contributed by atoms with Crippen LogP contribution >= 0.6 is 12.2 Å². The van der Waals surface area contributed by atoms with Crippen LogP contribution in [0.15, 0.2) is 0 Å². The zero-order valence-corrected chi connectivity index (χ0v) is 13.7. The number of hydrogen-bond acceptors (Lipinski definition) is 4. The monoisotopic (exact) mass is 313 g/mol. The van der Waals surface area contributed by atoms with Gasteiger partial charge in [0.2, 0.25) is 5.91 Å². The molecule has 1 saturated heterocycles. The molecular weight excluding hydrogens is 286 g/mol. The highest BCUT2D eigenvalue weighted by Crippen LogP contribution is 2.36. The third-order valence-electron chi connectivity index (χ3n) is 4.77. The summed E-state index contributed by atoms with van der Waals surface area (Å²) < 4.78 is 5.72. The molecule has 1 atom stereocenters. The minimum atomic E-state index is -0.632. The third kappa shape index (κ3) is 3.93. The van der Waals surface area contributed by atoms with Gasteiger partial charge in [0.1, 0.15) is 0 Å². The minimum absolute atomic E-state index is 0.00748.